The van der Waals surface area contributed by atoms with E-state index in [1.54, 1.807) is 6.07 Å². The van der Waals surface area contributed by atoms with Gasteiger partial charge in [0.05, 0.1) is 5.69 Å². The third-order valence-corrected chi connectivity index (χ3v) is 3.35. The Balaban J connectivity index is 2.70. The van der Waals surface area contributed by atoms with Gasteiger partial charge in [-0.1, -0.05) is 13.8 Å². The standard InChI is InChI=1S/C13H17FN2/c1-5-8(2)11-6-12(14)13-15-9(3)10(4)16(13)7-11/h6-8H,5H2,1-4H3. The zero-order valence-electron chi connectivity index (χ0n) is 10.2. The van der Waals surface area contributed by atoms with Gasteiger partial charge in [-0.15, -0.1) is 0 Å². The van der Waals surface area contributed by atoms with Crippen LogP contribution in [0.25, 0.3) is 5.65 Å². The molecule has 0 fully saturated rings. The SMILES string of the molecule is CCC(C)c1cc(F)c2nc(C)c(C)n2c1. The third kappa shape index (κ3) is 1.60. The minimum Gasteiger partial charge on any atom is -0.301 e. The van der Waals surface area contributed by atoms with E-state index in [0.29, 0.717) is 11.6 Å². The van der Waals surface area contributed by atoms with Gasteiger partial charge in [0, 0.05) is 11.9 Å². The summed E-state index contributed by atoms with van der Waals surface area (Å²) in [5.41, 5.74) is 3.37. The summed E-state index contributed by atoms with van der Waals surface area (Å²) in [6.45, 7) is 8.10. The molecular formula is C13H17FN2. The Bertz CT molecular complexity index is 528. The topological polar surface area (TPSA) is 17.3 Å². The number of pyridine rings is 1. The summed E-state index contributed by atoms with van der Waals surface area (Å²) in [5.74, 6) is 0.148. The Morgan fingerprint density at radius 2 is 2.12 bits per heavy atom. The number of hydrogen-bond donors (Lipinski definition) is 0. The van der Waals surface area contributed by atoms with Gasteiger partial charge < -0.3 is 4.40 Å². The zero-order chi connectivity index (χ0) is 11.9. The molecule has 0 saturated carbocycles. The molecule has 0 bridgehead atoms. The maximum Gasteiger partial charge on any atom is 0.173 e. The Morgan fingerprint density at radius 1 is 1.44 bits per heavy atom. The highest BCUT2D eigenvalue weighted by Crippen LogP contribution is 2.23. The van der Waals surface area contributed by atoms with Crippen LogP contribution in [0.15, 0.2) is 12.3 Å². The molecule has 0 aliphatic heterocycles. The molecule has 0 aliphatic carbocycles. The van der Waals surface area contributed by atoms with Crippen molar-refractivity contribution in [1.29, 1.82) is 0 Å². The molecule has 2 nitrogen and oxygen atoms in total. The fourth-order valence-electron chi connectivity index (χ4n) is 1.86. The number of hydrogen-bond acceptors (Lipinski definition) is 1. The second-order valence-electron chi connectivity index (χ2n) is 4.41. The van der Waals surface area contributed by atoms with Crippen molar-refractivity contribution in [3.05, 3.63) is 35.0 Å². The lowest BCUT2D eigenvalue weighted by molar-refractivity contribution is 0.619. The molecule has 0 spiro atoms. The van der Waals surface area contributed by atoms with Crippen LogP contribution in [0.4, 0.5) is 4.39 Å². The third-order valence-electron chi connectivity index (χ3n) is 3.35. The minimum atomic E-state index is -0.228. The molecule has 0 radical (unpaired) electrons. The number of rotatable bonds is 2. The van der Waals surface area contributed by atoms with Crippen LogP contribution in [0.1, 0.15) is 43.1 Å². The van der Waals surface area contributed by atoms with Gasteiger partial charge in [-0.3, -0.25) is 0 Å². The van der Waals surface area contributed by atoms with Crippen molar-refractivity contribution >= 4 is 5.65 Å². The van der Waals surface area contributed by atoms with E-state index in [-0.39, 0.29) is 5.82 Å². The first-order valence-electron chi connectivity index (χ1n) is 5.69. The monoisotopic (exact) mass is 220 g/mol. The van der Waals surface area contributed by atoms with Gasteiger partial charge in [0.2, 0.25) is 0 Å². The van der Waals surface area contributed by atoms with Crippen LogP contribution in [0.5, 0.6) is 0 Å². The molecule has 86 valence electrons. The van der Waals surface area contributed by atoms with Crippen LogP contribution in [-0.2, 0) is 0 Å². The quantitative estimate of drug-likeness (QED) is 0.755. The predicted octanol–water partition coefficient (Wildman–Crippen LogP) is 3.60. The largest absolute Gasteiger partial charge is 0.301 e. The van der Waals surface area contributed by atoms with E-state index in [4.69, 9.17) is 0 Å². The molecule has 0 saturated heterocycles. The van der Waals surface area contributed by atoms with Crippen LogP contribution < -0.4 is 0 Å². The summed E-state index contributed by atoms with van der Waals surface area (Å²) in [5, 5.41) is 0. The van der Waals surface area contributed by atoms with Gasteiger partial charge in [-0.25, -0.2) is 9.37 Å². The van der Waals surface area contributed by atoms with Crippen LogP contribution in [0, 0.1) is 19.7 Å². The van der Waals surface area contributed by atoms with E-state index in [9.17, 15) is 4.39 Å². The Hall–Kier alpha value is -1.38. The first-order chi connectivity index (χ1) is 7.54. The lowest BCUT2D eigenvalue weighted by atomic mass is 10.0. The fraction of sp³-hybridized carbons (Fsp3) is 0.462. The molecule has 1 unspecified atom stereocenters. The molecule has 0 aliphatic rings. The van der Waals surface area contributed by atoms with Gasteiger partial charge in [0.15, 0.2) is 11.5 Å². The van der Waals surface area contributed by atoms with Crippen molar-refractivity contribution in [1.82, 2.24) is 9.38 Å². The van der Waals surface area contributed by atoms with Crippen LogP contribution >= 0.6 is 0 Å². The maximum absolute atomic E-state index is 13.9. The highest BCUT2D eigenvalue weighted by atomic mass is 19.1. The Labute approximate surface area is 95.1 Å². The van der Waals surface area contributed by atoms with Gasteiger partial charge in [0.1, 0.15) is 0 Å². The minimum absolute atomic E-state index is 0.228. The lowest BCUT2D eigenvalue weighted by Crippen LogP contribution is -1.99. The number of halogens is 1. The molecule has 0 aromatic carbocycles. The van der Waals surface area contributed by atoms with Gasteiger partial charge in [0.25, 0.3) is 0 Å². The summed E-state index contributed by atoms with van der Waals surface area (Å²) in [7, 11) is 0. The molecule has 1 atom stereocenters. The molecule has 0 amide bonds. The van der Waals surface area contributed by atoms with E-state index >= 15 is 0 Å². The second kappa shape index (κ2) is 3.89. The highest BCUT2D eigenvalue weighted by molar-refractivity contribution is 5.46. The van der Waals surface area contributed by atoms with Crippen molar-refractivity contribution in [2.45, 2.75) is 40.0 Å². The fourth-order valence-corrected chi connectivity index (χ4v) is 1.86. The molecule has 3 heteroatoms. The van der Waals surface area contributed by atoms with Crippen molar-refractivity contribution in [2.75, 3.05) is 0 Å². The van der Waals surface area contributed by atoms with Crippen LogP contribution in [0.2, 0.25) is 0 Å². The average molecular weight is 220 g/mol. The first kappa shape index (κ1) is 11.1. The molecule has 0 N–H and O–H groups in total. The predicted molar refractivity (Wildman–Crippen MR) is 63.3 cm³/mol. The molecule has 2 aromatic rings. The summed E-state index contributed by atoms with van der Waals surface area (Å²) < 4.78 is 15.7. The zero-order valence-corrected chi connectivity index (χ0v) is 10.2. The first-order valence-corrected chi connectivity index (χ1v) is 5.69. The summed E-state index contributed by atoms with van der Waals surface area (Å²) in [6, 6.07) is 1.61. The van der Waals surface area contributed by atoms with E-state index < -0.39 is 0 Å². The molecule has 2 heterocycles. The van der Waals surface area contributed by atoms with Crippen LogP contribution in [-0.4, -0.2) is 9.38 Å². The second-order valence-corrected chi connectivity index (χ2v) is 4.41. The van der Waals surface area contributed by atoms with Crippen molar-refractivity contribution in [3.8, 4) is 0 Å². The number of imidazole rings is 1. The van der Waals surface area contributed by atoms with Crippen molar-refractivity contribution in [3.63, 3.8) is 0 Å². The number of aromatic nitrogens is 2. The lowest BCUT2D eigenvalue weighted by Gasteiger charge is -2.10. The number of nitrogens with zero attached hydrogens (tertiary/aromatic N) is 2. The Kier molecular flexibility index (Phi) is 2.70. The smallest absolute Gasteiger partial charge is 0.173 e. The number of fused-ring (bicyclic) bond motifs is 1. The molecule has 16 heavy (non-hydrogen) atoms. The van der Waals surface area contributed by atoms with Crippen LogP contribution in [0.3, 0.4) is 0 Å². The van der Waals surface area contributed by atoms with Gasteiger partial charge in [-0.05, 0) is 37.8 Å². The molecular weight excluding hydrogens is 203 g/mol. The van der Waals surface area contributed by atoms with Crippen molar-refractivity contribution < 1.29 is 4.39 Å². The van der Waals surface area contributed by atoms with E-state index in [1.807, 2.05) is 24.4 Å². The molecule has 2 rings (SSSR count). The summed E-state index contributed by atoms with van der Waals surface area (Å²) in [4.78, 5) is 4.23. The van der Waals surface area contributed by atoms with Gasteiger partial charge in [-0.2, -0.15) is 0 Å². The molecule has 2 aromatic heterocycles. The maximum atomic E-state index is 13.9. The summed E-state index contributed by atoms with van der Waals surface area (Å²) in [6.07, 6.45) is 3.01. The normalized spacial score (nSPS) is 13.3. The highest BCUT2D eigenvalue weighted by Gasteiger charge is 2.12. The van der Waals surface area contributed by atoms with Crippen molar-refractivity contribution in [2.24, 2.45) is 0 Å². The van der Waals surface area contributed by atoms with E-state index in [2.05, 4.69) is 18.8 Å². The summed E-state index contributed by atoms with van der Waals surface area (Å²) >= 11 is 0. The number of aryl methyl sites for hydroxylation is 2. The van der Waals surface area contributed by atoms with Gasteiger partial charge >= 0.3 is 0 Å². The average Bonchev–Trinajstić information content (AvgIpc) is 2.56. The Morgan fingerprint density at radius 3 is 2.75 bits per heavy atom. The van der Waals surface area contributed by atoms with E-state index in [0.717, 1.165) is 23.4 Å². The van der Waals surface area contributed by atoms with E-state index in [1.165, 1.54) is 0 Å².